The summed E-state index contributed by atoms with van der Waals surface area (Å²) in [6, 6.07) is 15.4. The third kappa shape index (κ3) is 4.07. The summed E-state index contributed by atoms with van der Waals surface area (Å²) >= 11 is 0. The lowest BCUT2D eigenvalue weighted by molar-refractivity contribution is -0.137. The highest BCUT2D eigenvalue weighted by atomic mass is 19.4. The number of nitrogens with zero attached hydrogens (tertiary/aromatic N) is 1. The predicted molar refractivity (Wildman–Crippen MR) is 73.1 cm³/mol. The second kappa shape index (κ2) is 6.42. The minimum absolute atomic E-state index is 0.309. The highest BCUT2D eigenvalue weighted by Crippen LogP contribution is 2.30. The van der Waals surface area contributed by atoms with Gasteiger partial charge >= 0.3 is 6.18 Å². The molecule has 1 N–H and O–H groups in total. The largest absolute Gasteiger partial charge is 0.416 e. The van der Waals surface area contributed by atoms with Gasteiger partial charge in [0.15, 0.2) is 0 Å². The average Bonchev–Trinajstić information content (AvgIpc) is 2.48. The van der Waals surface area contributed by atoms with Gasteiger partial charge in [-0.25, -0.2) is 0 Å². The molecule has 2 rings (SSSR count). The maximum atomic E-state index is 12.7. The number of nitrogens with one attached hydrogen (secondary N) is 1. The van der Waals surface area contributed by atoms with Crippen LogP contribution >= 0.6 is 0 Å². The number of halogens is 3. The minimum Gasteiger partial charge on any atom is -0.294 e. The standard InChI is InChI=1S/C16H13F3N2/c17-16(18,19)14-8-4-7-13(9-14)15(10-20)21-11-12-5-2-1-3-6-12/h1-9,15,21H,11H2. The van der Waals surface area contributed by atoms with Crippen LogP contribution in [0.15, 0.2) is 54.6 Å². The summed E-state index contributed by atoms with van der Waals surface area (Å²) in [6.07, 6.45) is -4.41. The zero-order chi connectivity index (χ0) is 15.3. The molecule has 2 nitrogen and oxygen atoms in total. The van der Waals surface area contributed by atoms with E-state index in [1.165, 1.54) is 12.1 Å². The molecule has 5 heteroatoms. The van der Waals surface area contributed by atoms with Crippen LogP contribution in [-0.2, 0) is 12.7 Å². The van der Waals surface area contributed by atoms with Gasteiger partial charge in [0.1, 0.15) is 6.04 Å². The van der Waals surface area contributed by atoms with E-state index in [1.54, 1.807) is 0 Å². The van der Waals surface area contributed by atoms with Crippen molar-refractivity contribution in [3.63, 3.8) is 0 Å². The molecule has 0 heterocycles. The van der Waals surface area contributed by atoms with Gasteiger partial charge in [0, 0.05) is 6.54 Å². The second-order valence-corrected chi connectivity index (χ2v) is 4.55. The average molecular weight is 290 g/mol. The molecular formula is C16H13F3N2. The Bertz CT molecular complexity index is 630. The fourth-order valence-electron chi connectivity index (χ4n) is 1.95. The molecule has 0 radical (unpaired) electrons. The van der Waals surface area contributed by atoms with Crippen LogP contribution < -0.4 is 5.32 Å². The van der Waals surface area contributed by atoms with Gasteiger partial charge in [0.25, 0.3) is 0 Å². The maximum absolute atomic E-state index is 12.7. The van der Waals surface area contributed by atoms with Crippen molar-refractivity contribution in [2.24, 2.45) is 0 Å². The van der Waals surface area contributed by atoms with Crippen LogP contribution in [0.2, 0.25) is 0 Å². The molecule has 0 aliphatic heterocycles. The van der Waals surface area contributed by atoms with Crippen LogP contribution in [0.3, 0.4) is 0 Å². The summed E-state index contributed by atoms with van der Waals surface area (Å²) < 4.78 is 38.0. The number of alkyl halides is 3. The topological polar surface area (TPSA) is 35.8 Å². The monoisotopic (exact) mass is 290 g/mol. The lowest BCUT2D eigenvalue weighted by Crippen LogP contribution is -2.20. The SMILES string of the molecule is N#CC(NCc1ccccc1)c1cccc(C(F)(F)F)c1. The zero-order valence-electron chi connectivity index (χ0n) is 11.1. The zero-order valence-corrected chi connectivity index (χ0v) is 11.1. The van der Waals surface area contributed by atoms with E-state index in [2.05, 4.69) is 5.32 Å². The fraction of sp³-hybridized carbons (Fsp3) is 0.188. The Hall–Kier alpha value is -2.32. The first kappa shape index (κ1) is 15.1. The van der Waals surface area contributed by atoms with Gasteiger partial charge in [0.2, 0.25) is 0 Å². The van der Waals surface area contributed by atoms with Crippen LogP contribution in [0, 0.1) is 11.3 Å². The number of nitriles is 1. The van der Waals surface area contributed by atoms with E-state index in [1.807, 2.05) is 36.4 Å². The van der Waals surface area contributed by atoms with E-state index in [4.69, 9.17) is 5.26 Å². The molecule has 0 fully saturated rings. The number of hydrogen-bond acceptors (Lipinski definition) is 2. The van der Waals surface area contributed by atoms with Crippen molar-refractivity contribution in [1.82, 2.24) is 5.32 Å². The highest BCUT2D eigenvalue weighted by Gasteiger charge is 2.30. The minimum atomic E-state index is -4.41. The van der Waals surface area contributed by atoms with Crippen molar-refractivity contribution in [2.45, 2.75) is 18.8 Å². The molecule has 108 valence electrons. The fourth-order valence-corrected chi connectivity index (χ4v) is 1.95. The molecule has 0 spiro atoms. The van der Waals surface area contributed by atoms with Gasteiger partial charge in [-0.2, -0.15) is 18.4 Å². The van der Waals surface area contributed by atoms with Crippen molar-refractivity contribution in [3.8, 4) is 6.07 Å². The number of benzene rings is 2. The molecule has 0 aliphatic rings. The summed E-state index contributed by atoms with van der Waals surface area (Å²) in [4.78, 5) is 0. The molecular weight excluding hydrogens is 277 g/mol. The van der Waals surface area contributed by atoms with E-state index >= 15 is 0 Å². The molecule has 21 heavy (non-hydrogen) atoms. The quantitative estimate of drug-likeness (QED) is 0.921. The smallest absolute Gasteiger partial charge is 0.294 e. The summed E-state index contributed by atoms with van der Waals surface area (Å²) in [5.41, 5.74) is 0.523. The summed E-state index contributed by atoms with van der Waals surface area (Å²) in [6.45, 7) is 0.412. The summed E-state index contributed by atoms with van der Waals surface area (Å²) in [7, 11) is 0. The number of rotatable bonds is 4. The molecule has 0 aromatic heterocycles. The van der Waals surface area contributed by atoms with Crippen LogP contribution in [-0.4, -0.2) is 0 Å². The van der Waals surface area contributed by atoms with Crippen molar-refractivity contribution in [1.29, 1.82) is 5.26 Å². The second-order valence-electron chi connectivity index (χ2n) is 4.55. The molecule has 1 atom stereocenters. The lowest BCUT2D eigenvalue weighted by atomic mass is 10.0. The van der Waals surface area contributed by atoms with E-state index < -0.39 is 17.8 Å². The summed E-state index contributed by atoms with van der Waals surface area (Å²) in [5.74, 6) is 0. The Morgan fingerprint density at radius 2 is 1.76 bits per heavy atom. The molecule has 0 bridgehead atoms. The van der Waals surface area contributed by atoms with Gasteiger partial charge in [0.05, 0.1) is 11.6 Å². The molecule has 0 aliphatic carbocycles. The van der Waals surface area contributed by atoms with Gasteiger partial charge in [-0.3, -0.25) is 5.32 Å². The Kier molecular flexibility index (Phi) is 4.61. The van der Waals surface area contributed by atoms with Gasteiger partial charge in [-0.05, 0) is 23.3 Å². The van der Waals surface area contributed by atoms with E-state index in [9.17, 15) is 13.2 Å². The third-order valence-electron chi connectivity index (χ3n) is 3.03. The van der Waals surface area contributed by atoms with Crippen LogP contribution in [0.1, 0.15) is 22.7 Å². The van der Waals surface area contributed by atoms with Gasteiger partial charge in [-0.15, -0.1) is 0 Å². The number of hydrogen-bond donors (Lipinski definition) is 1. The first-order valence-corrected chi connectivity index (χ1v) is 6.35. The maximum Gasteiger partial charge on any atom is 0.416 e. The van der Waals surface area contributed by atoms with Crippen LogP contribution in [0.5, 0.6) is 0 Å². The molecule has 0 saturated heterocycles. The Morgan fingerprint density at radius 3 is 2.38 bits per heavy atom. The van der Waals surface area contributed by atoms with Crippen LogP contribution in [0.4, 0.5) is 13.2 Å². The Labute approximate surface area is 120 Å². The van der Waals surface area contributed by atoms with Crippen molar-refractivity contribution >= 4 is 0 Å². The van der Waals surface area contributed by atoms with Crippen molar-refractivity contribution in [2.75, 3.05) is 0 Å². The molecule has 0 saturated carbocycles. The van der Waals surface area contributed by atoms with E-state index in [0.29, 0.717) is 12.1 Å². The van der Waals surface area contributed by atoms with E-state index in [-0.39, 0.29) is 0 Å². The molecule has 2 aromatic rings. The lowest BCUT2D eigenvalue weighted by Gasteiger charge is -2.14. The van der Waals surface area contributed by atoms with E-state index in [0.717, 1.165) is 17.7 Å². The molecule has 2 aromatic carbocycles. The normalized spacial score (nSPS) is 12.7. The Balaban J connectivity index is 2.13. The third-order valence-corrected chi connectivity index (χ3v) is 3.03. The first-order valence-electron chi connectivity index (χ1n) is 6.35. The van der Waals surface area contributed by atoms with Crippen molar-refractivity contribution in [3.05, 3.63) is 71.3 Å². The highest BCUT2D eigenvalue weighted by molar-refractivity contribution is 5.31. The van der Waals surface area contributed by atoms with Crippen molar-refractivity contribution < 1.29 is 13.2 Å². The first-order chi connectivity index (χ1) is 10.0. The van der Waals surface area contributed by atoms with Crippen LogP contribution in [0.25, 0.3) is 0 Å². The Morgan fingerprint density at radius 1 is 1.05 bits per heavy atom. The molecule has 0 amide bonds. The summed E-state index contributed by atoms with van der Waals surface area (Å²) in [5, 5.41) is 12.1. The van der Waals surface area contributed by atoms with Gasteiger partial charge < -0.3 is 0 Å². The molecule has 1 unspecified atom stereocenters. The van der Waals surface area contributed by atoms with Gasteiger partial charge in [-0.1, -0.05) is 42.5 Å². The predicted octanol–water partition coefficient (Wildman–Crippen LogP) is 4.06.